The Morgan fingerprint density at radius 3 is 2.75 bits per heavy atom. The maximum absolute atomic E-state index is 9.62. The first-order valence-electron chi connectivity index (χ1n) is 5.46. The van der Waals surface area contributed by atoms with E-state index >= 15 is 0 Å². The third-order valence-corrected chi connectivity index (χ3v) is 2.18. The van der Waals surface area contributed by atoms with Gasteiger partial charge in [0.1, 0.15) is 0 Å². The number of rotatable bonds is 6. The first kappa shape index (κ1) is 15.4. The van der Waals surface area contributed by atoms with Gasteiger partial charge in [-0.25, -0.2) is 0 Å². The molecule has 1 unspecified atom stereocenters. The van der Waals surface area contributed by atoms with Gasteiger partial charge in [0, 0.05) is 25.5 Å². The van der Waals surface area contributed by atoms with Crippen molar-refractivity contribution in [1.29, 1.82) is 0 Å². The largest absolute Gasteiger partial charge is 0.392 e. The molecule has 3 nitrogen and oxygen atoms in total. The maximum Gasteiger partial charge on any atom is 0.0667 e. The number of nitrogens with zero attached hydrogens (tertiary/aromatic N) is 1. The van der Waals surface area contributed by atoms with Crippen LogP contribution < -0.4 is 5.32 Å². The summed E-state index contributed by atoms with van der Waals surface area (Å²) in [4.78, 5) is 4.03. The first-order valence-corrected chi connectivity index (χ1v) is 5.46. The Balaban J connectivity index is 0.00000225. The van der Waals surface area contributed by atoms with Crippen LogP contribution >= 0.6 is 12.4 Å². The van der Waals surface area contributed by atoms with Crippen LogP contribution in [0.2, 0.25) is 0 Å². The molecule has 0 radical (unpaired) electrons. The van der Waals surface area contributed by atoms with E-state index in [-0.39, 0.29) is 18.5 Å². The van der Waals surface area contributed by atoms with Crippen LogP contribution in [0.25, 0.3) is 0 Å². The van der Waals surface area contributed by atoms with Crippen molar-refractivity contribution in [2.45, 2.75) is 32.9 Å². The molecule has 16 heavy (non-hydrogen) atoms. The van der Waals surface area contributed by atoms with E-state index in [0.717, 1.165) is 18.5 Å². The molecule has 92 valence electrons. The van der Waals surface area contributed by atoms with Crippen molar-refractivity contribution in [3.8, 4) is 0 Å². The summed E-state index contributed by atoms with van der Waals surface area (Å²) >= 11 is 0. The van der Waals surface area contributed by atoms with Gasteiger partial charge in [-0.1, -0.05) is 19.9 Å². The van der Waals surface area contributed by atoms with E-state index in [1.165, 1.54) is 0 Å². The van der Waals surface area contributed by atoms with Crippen molar-refractivity contribution >= 4 is 12.4 Å². The molecular weight excluding hydrogens is 224 g/mol. The van der Waals surface area contributed by atoms with Gasteiger partial charge in [-0.15, -0.1) is 12.4 Å². The second-order valence-electron chi connectivity index (χ2n) is 4.28. The quantitative estimate of drug-likeness (QED) is 0.805. The molecule has 0 amide bonds. The summed E-state index contributed by atoms with van der Waals surface area (Å²) in [7, 11) is 0. The highest BCUT2D eigenvalue weighted by atomic mass is 35.5. The summed E-state index contributed by atoms with van der Waals surface area (Å²) in [5.74, 6) is 0.542. The zero-order valence-corrected chi connectivity index (χ0v) is 10.7. The Labute approximate surface area is 104 Å². The zero-order chi connectivity index (χ0) is 11.1. The van der Waals surface area contributed by atoms with Crippen LogP contribution in [0, 0.1) is 5.92 Å². The van der Waals surface area contributed by atoms with Gasteiger partial charge in [-0.05, 0) is 24.0 Å². The number of hydrogen-bond donors (Lipinski definition) is 2. The Kier molecular flexibility index (Phi) is 8.16. The Hall–Kier alpha value is -0.640. The molecule has 0 spiro atoms. The number of halogens is 1. The number of pyridine rings is 1. The average molecular weight is 245 g/mol. The second kappa shape index (κ2) is 8.50. The molecule has 0 bridgehead atoms. The summed E-state index contributed by atoms with van der Waals surface area (Å²) in [6.07, 6.45) is 4.19. The van der Waals surface area contributed by atoms with Gasteiger partial charge in [0.25, 0.3) is 0 Å². The molecule has 1 rings (SSSR count). The van der Waals surface area contributed by atoms with Crippen molar-refractivity contribution in [1.82, 2.24) is 10.3 Å². The summed E-state index contributed by atoms with van der Waals surface area (Å²) in [6, 6.07) is 3.94. The predicted octanol–water partition coefficient (Wildman–Crippen LogP) is 2.00. The van der Waals surface area contributed by atoms with Crippen molar-refractivity contribution in [2.24, 2.45) is 5.92 Å². The summed E-state index contributed by atoms with van der Waals surface area (Å²) in [5, 5.41) is 12.8. The fourth-order valence-corrected chi connectivity index (χ4v) is 1.51. The highest BCUT2D eigenvalue weighted by molar-refractivity contribution is 5.85. The molecule has 0 aliphatic carbocycles. The first-order chi connectivity index (χ1) is 7.18. The minimum atomic E-state index is -0.248. The lowest BCUT2D eigenvalue weighted by atomic mass is 10.1. The lowest BCUT2D eigenvalue weighted by Gasteiger charge is -2.13. The van der Waals surface area contributed by atoms with Gasteiger partial charge in [0.05, 0.1) is 6.10 Å². The van der Waals surface area contributed by atoms with Crippen LogP contribution in [0.3, 0.4) is 0 Å². The van der Waals surface area contributed by atoms with E-state index in [1.54, 1.807) is 6.20 Å². The van der Waals surface area contributed by atoms with E-state index in [2.05, 4.69) is 24.1 Å². The van der Waals surface area contributed by atoms with E-state index < -0.39 is 0 Å². The summed E-state index contributed by atoms with van der Waals surface area (Å²) in [6.45, 7) is 5.64. The lowest BCUT2D eigenvalue weighted by Crippen LogP contribution is -2.27. The Morgan fingerprint density at radius 1 is 1.44 bits per heavy atom. The molecule has 1 heterocycles. The van der Waals surface area contributed by atoms with E-state index in [9.17, 15) is 5.11 Å². The number of hydrogen-bond acceptors (Lipinski definition) is 3. The van der Waals surface area contributed by atoms with E-state index in [0.29, 0.717) is 12.5 Å². The molecular formula is C12H21ClN2O. The molecule has 0 fully saturated rings. The lowest BCUT2D eigenvalue weighted by molar-refractivity contribution is 0.146. The normalized spacial score (nSPS) is 12.2. The molecule has 1 aromatic rings. The zero-order valence-electron chi connectivity index (χ0n) is 9.89. The van der Waals surface area contributed by atoms with Gasteiger partial charge >= 0.3 is 0 Å². The third kappa shape index (κ3) is 6.77. The van der Waals surface area contributed by atoms with Crippen LogP contribution in [0.4, 0.5) is 0 Å². The van der Waals surface area contributed by atoms with Crippen LogP contribution in [-0.4, -0.2) is 22.7 Å². The molecule has 0 saturated carbocycles. The van der Waals surface area contributed by atoms with Gasteiger partial charge in [0.2, 0.25) is 0 Å². The third-order valence-electron chi connectivity index (χ3n) is 2.18. The molecule has 2 N–H and O–H groups in total. The molecule has 0 saturated heterocycles. The van der Waals surface area contributed by atoms with Gasteiger partial charge in [0.15, 0.2) is 0 Å². The smallest absolute Gasteiger partial charge is 0.0667 e. The van der Waals surface area contributed by atoms with Gasteiger partial charge in [-0.2, -0.15) is 0 Å². The molecule has 0 aromatic carbocycles. The van der Waals surface area contributed by atoms with Crippen molar-refractivity contribution in [2.75, 3.05) is 6.54 Å². The van der Waals surface area contributed by atoms with E-state index in [1.807, 2.05) is 18.3 Å². The minimum absolute atomic E-state index is 0. The maximum atomic E-state index is 9.62. The van der Waals surface area contributed by atoms with Crippen molar-refractivity contribution in [3.05, 3.63) is 30.1 Å². The van der Waals surface area contributed by atoms with Crippen LogP contribution in [-0.2, 0) is 6.54 Å². The number of aromatic nitrogens is 1. The van der Waals surface area contributed by atoms with E-state index in [4.69, 9.17) is 0 Å². The van der Waals surface area contributed by atoms with Crippen molar-refractivity contribution < 1.29 is 5.11 Å². The molecule has 1 aromatic heterocycles. The van der Waals surface area contributed by atoms with Crippen LogP contribution in [0.1, 0.15) is 25.8 Å². The topological polar surface area (TPSA) is 45.1 Å². The summed E-state index contributed by atoms with van der Waals surface area (Å²) < 4.78 is 0. The molecule has 4 heteroatoms. The molecule has 0 aliphatic rings. The predicted molar refractivity (Wildman–Crippen MR) is 68.7 cm³/mol. The SMILES string of the molecule is CC(C)CC(O)CNCc1cccnc1.Cl. The monoisotopic (exact) mass is 244 g/mol. The Morgan fingerprint density at radius 2 is 2.19 bits per heavy atom. The van der Waals surface area contributed by atoms with Crippen LogP contribution in [0.15, 0.2) is 24.5 Å². The molecule has 0 aliphatic heterocycles. The second-order valence-corrected chi connectivity index (χ2v) is 4.28. The van der Waals surface area contributed by atoms with Crippen molar-refractivity contribution in [3.63, 3.8) is 0 Å². The summed E-state index contributed by atoms with van der Waals surface area (Å²) in [5.41, 5.74) is 1.15. The number of nitrogens with one attached hydrogen (secondary N) is 1. The van der Waals surface area contributed by atoms with Gasteiger partial charge < -0.3 is 10.4 Å². The molecule has 1 atom stereocenters. The minimum Gasteiger partial charge on any atom is -0.392 e. The highest BCUT2D eigenvalue weighted by Crippen LogP contribution is 2.03. The fourth-order valence-electron chi connectivity index (χ4n) is 1.51. The average Bonchev–Trinajstić information content (AvgIpc) is 2.18. The Bertz CT molecular complexity index is 267. The van der Waals surface area contributed by atoms with Crippen LogP contribution in [0.5, 0.6) is 0 Å². The van der Waals surface area contributed by atoms with Gasteiger partial charge in [-0.3, -0.25) is 4.98 Å². The highest BCUT2D eigenvalue weighted by Gasteiger charge is 2.05. The number of aliphatic hydroxyl groups excluding tert-OH is 1. The standard InChI is InChI=1S/C12H20N2O.ClH/c1-10(2)6-12(15)9-14-8-11-4-3-5-13-7-11;/h3-5,7,10,12,14-15H,6,8-9H2,1-2H3;1H. The number of aliphatic hydroxyl groups is 1. The fraction of sp³-hybridized carbons (Fsp3) is 0.583.